The molecule has 2 nitrogen and oxygen atoms in total. The van der Waals surface area contributed by atoms with Crippen LogP contribution in [0.4, 0.5) is 0 Å². The lowest BCUT2D eigenvalue weighted by molar-refractivity contribution is 0.156. The first-order valence-electron chi connectivity index (χ1n) is 6.22. The van der Waals surface area contributed by atoms with Gasteiger partial charge in [-0.15, -0.1) is 0 Å². The van der Waals surface area contributed by atoms with Gasteiger partial charge in [-0.2, -0.15) is 0 Å². The first kappa shape index (κ1) is 12.0. The number of likely N-dealkylation sites (N-methyl/N-ethyl adjacent to an activating group) is 1. The van der Waals surface area contributed by atoms with Gasteiger partial charge in [0.2, 0.25) is 0 Å². The van der Waals surface area contributed by atoms with Gasteiger partial charge >= 0.3 is 0 Å². The summed E-state index contributed by atoms with van der Waals surface area (Å²) in [5, 5.41) is 3.54. The van der Waals surface area contributed by atoms with Gasteiger partial charge in [-0.3, -0.25) is 4.90 Å². The molecule has 14 heavy (non-hydrogen) atoms. The summed E-state index contributed by atoms with van der Waals surface area (Å²) >= 11 is 0. The Hall–Kier alpha value is -0.0800. The molecule has 0 bridgehead atoms. The lowest BCUT2D eigenvalue weighted by atomic mass is 10.0. The lowest BCUT2D eigenvalue weighted by Crippen LogP contribution is -2.44. The van der Waals surface area contributed by atoms with E-state index in [0.717, 1.165) is 12.1 Å². The molecule has 1 fully saturated rings. The molecule has 1 rings (SSSR count). The van der Waals surface area contributed by atoms with Crippen LogP contribution >= 0.6 is 0 Å². The average Bonchev–Trinajstić information content (AvgIpc) is 2.47. The minimum absolute atomic E-state index is 0.766. The summed E-state index contributed by atoms with van der Waals surface area (Å²) in [5.74, 6) is 0. The van der Waals surface area contributed by atoms with Crippen molar-refractivity contribution in [2.75, 3.05) is 20.1 Å². The molecule has 0 aromatic heterocycles. The van der Waals surface area contributed by atoms with E-state index in [-0.39, 0.29) is 0 Å². The highest BCUT2D eigenvalue weighted by Crippen LogP contribution is 2.15. The largest absolute Gasteiger partial charge is 0.315 e. The van der Waals surface area contributed by atoms with Crippen molar-refractivity contribution in [2.45, 2.75) is 58.0 Å². The van der Waals surface area contributed by atoms with Crippen LogP contribution in [-0.2, 0) is 0 Å². The molecule has 0 radical (unpaired) electrons. The Morgan fingerprint density at radius 3 is 2.64 bits per heavy atom. The summed E-state index contributed by atoms with van der Waals surface area (Å²) in [7, 11) is 2.30. The highest BCUT2D eigenvalue weighted by atomic mass is 15.2. The second-order valence-corrected chi connectivity index (χ2v) is 4.49. The molecule has 0 aliphatic carbocycles. The van der Waals surface area contributed by atoms with Gasteiger partial charge in [-0.05, 0) is 39.3 Å². The zero-order valence-electron chi connectivity index (χ0n) is 10.1. The van der Waals surface area contributed by atoms with E-state index in [0.29, 0.717) is 0 Å². The number of nitrogens with one attached hydrogen (secondary N) is 1. The zero-order valence-corrected chi connectivity index (χ0v) is 10.1. The predicted octanol–water partition coefficient (Wildman–Crippen LogP) is 2.25. The molecule has 1 heterocycles. The fraction of sp³-hybridized carbons (Fsp3) is 1.00. The normalized spacial score (nSPS) is 24.2. The number of hydrogen-bond acceptors (Lipinski definition) is 2. The second-order valence-electron chi connectivity index (χ2n) is 4.49. The van der Waals surface area contributed by atoms with Crippen LogP contribution in [0.25, 0.3) is 0 Å². The topological polar surface area (TPSA) is 15.3 Å². The van der Waals surface area contributed by atoms with Crippen LogP contribution in [0.1, 0.15) is 46.0 Å². The molecule has 0 spiro atoms. The third-order valence-electron chi connectivity index (χ3n) is 3.62. The van der Waals surface area contributed by atoms with E-state index in [1.165, 1.54) is 45.2 Å². The Labute approximate surface area is 89.1 Å². The molecular formula is C12H26N2. The van der Waals surface area contributed by atoms with Gasteiger partial charge in [0.25, 0.3) is 0 Å². The summed E-state index contributed by atoms with van der Waals surface area (Å²) in [6.45, 7) is 7.00. The molecule has 0 amide bonds. The Morgan fingerprint density at radius 2 is 2.00 bits per heavy atom. The Bertz CT molecular complexity index is 135. The van der Waals surface area contributed by atoms with Crippen molar-refractivity contribution in [1.29, 1.82) is 0 Å². The molecule has 2 heteroatoms. The molecule has 1 saturated heterocycles. The van der Waals surface area contributed by atoms with Gasteiger partial charge in [0.1, 0.15) is 0 Å². The Morgan fingerprint density at radius 1 is 1.29 bits per heavy atom. The van der Waals surface area contributed by atoms with Crippen molar-refractivity contribution in [1.82, 2.24) is 10.2 Å². The van der Waals surface area contributed by atoms with E-state index in [4.69, 9.17) is 0 Å². The highest BCUT2D eigenvalue weighted by molar-refractivity contribution is 4.79. The summed E-state index contributed by atoms with van der Waals surface area (Å²) in [5.41, 5.74) is 0. The Kier molecular flexibility index (Phi) is 5.49. The molecule has 0 aromatic rings. The molecular weight excluding hydrogens is 172 g/mol. The fourth-order valence-electron chi connectivity index (χ4n) is 2.51. The summed E-state index contributed by atoms with van der Waals surface area (Å²) in [6, 6.07) is 1.54. The first-order chi connectivity index (χ1) is 6.79. The van der Waals surface area contributed by atoms with Crippen molar-refractivity contribution in [2.24, 2.45) is 0 Å². The molecule has 1 unspecified atom stereocenters. The number of nitrogens with zero attached hydrogens (tertiary/aromatic N) is 1. The van der Waals surface area contributed by atoms with Crippen LogP contribution in [0.15, 0.2) is 0 Å². The van der Waals surface area contributed by atoms with Crippen molar-refractivity contribution in [3.05, 3.63) is 0 Å². The Balaban J connectivity index is 2.43. The van der Waals surface area contributed by atoms with Gasteiger partial charge in [0, 0.05) is 18.6 Å². The van der Waals surface area contributed by atoms with Gasteiger partial charge < -0.3 is 5.32 Å². The second kappa shape index (κ2) is 6.41. The molecule has 1 aliphatic rings. The molecule has 1 N–H and O–H groups in total. The SMILES string of the molecule is CCC(CC)N(C)C1CCCCNC1. The fourth-order valence-corrected chi connectivity index (χ4v) is 2.51. The standard InChI is InChI=1S/C12H26N2/c1-4-11(5-2)14(3)12-8-6-7-9-13-10-12/h11-13H,4-10H2,1-3H3. The smallest absolute Gasteiger partial charge is 0.0220 e. The van der Waals surface area contributed by atoms with Gasteiger partial charge in [0.15, 0.2) is 0 Å². The van der Waals surface area contributed by atoms with E-state index < -0.39 is 0 Å². The third kappa shape index (κ3) is 3.25. The number of rotatable bonds is 4. The minimum Gasteiger partial charge on any atom is -0.315 e. The predicted molar refractivity (Wildman–Crippen MR) is 62.6 cm³/mol. The van der Waals surface area contributed by atoms with E-state index in [1.807, 2.05) is 0 Å². The van der Waals surface area contributed by atoms with Crippen molar-refractivity contribution in [3.8, 4) is 0 Å². The van der Waals surface area contributed by atoms with Crippen molar-refractivity contribution >= 4 is 0 Å². The zero-order chi connectivity index (χ0) is 10.4. The number of hydrogen-bond donors (Lipinski definition) is 1. The summed E-state index contributed by atoms with van der Waals surface area (Å²) in [6.07, 6.45) is 6.68. The van der Waals surface area contributed by atoms with E-state index in [2.05, 4.69) is 31.1 Å². The average molecular weight is 198 g/mol. The van der Waals surface area contributed by atoms with Crippen LogP contribution in [0.2, 0.25) is 0 Å². The summed E-state index contributed by atoms with van der Waals surface area (Å²) in [4.78, 5) is 2.60. The van der Waals surface area contributed by atoms with Gasteiger partial charge in [-0.25, -0.2) is 0 Å². The van der Waals surface area contributed by atoms with Gasteiger partial charge in [-0.1, -0.05) is 20.3 Å². The van der Waals surface area contributed by atoms with E-state index in [9.17, 15) is 0 Å². The molecule has 0 saturated carbocycles. The maximum absolute atomic E-state index is 3.54. The van der Waals surface area contributed by atoms with Crippen molar-refractivity contribution in [3.63, 3.8) is 0 Å². The first-order valence-corrected chi connectivity index (χ1v) is 6.22. The van der Waals surface area contributed by atoms with Crippen molar-refractivity contribution < 1.29 is 0 Å². The maximum Gasteiger partial charge on any atom is 0.0220 e. The molecule has 84 valence electrons. The van der Waals surface area contributed by atoms with Crippen LogP contribution in [-0.4, -0.2) is 37.1 Å². The lowest BCUT2D eigenvalue weighted by Gasteiger charge is -2.33. The monoisotopic (exact) mass is 198 g/mol. The van der Waals surface area contributed by atoms with Crippen LogP contribution < -0.4 is 5.32 Å². The third-order valence-corrected chi connectivity index (χ3v) is 3.62. The van der Waals surface area contributed by atoms with Crippen LogP contribution in [0.3, 0.4) is 0 Å². The van der Waals surface area contributed by atoms with Crippen LogP contribution in [0, 0.1) is 0 Å². The minimum atomic E-state index is 0.766. The highest BCUT2D eigenvalue weighted by Gasteiger charge is 2.21. The van der Waals surface area contributed by atoms with Crippen LogP contribution in [0.5, 0.6) is 0 Å². The molecule has 0 aromatic carbocycles. The maximum atomic E-state index is 3.54. The van der Waals surface area contributed by atoms with Gasteiger partial charge in [0.05, 0.1) is 0 Å². The molecule has 1 atom stereocenters. The van der Waals surface area contributed by atoms with E-state index in [1.54, 1.807) is 0 Å². The molecule has 1 aliphatic heterocycles. The quantitative estimate of drug-likeness (QED) is 0.745. The van der Waals surface area contributed by atoms with E-state index >= 15 is 0 Å². The summed E-state index contributed by atoms with van der Waals surface area (Å²) < 4.78 is 0.